The van der Waals surface area contributed by atoms with Crippen LogP contribution in [0.1, 0.15) is 24.2 Å². The van der Waals surface area contributed by atoms with Crippen molar-refractivity contribution in [2.75, 3.05) is 13.6 Å². The molecule has 2 atom stereocenters. The summed E-state index contributed by atoms with van der Waals surface area (Å²) in [7, 11) is 1.97. The fraction of sp³-hybridized carbons (Fsp3) is 0.750. The molecule has 0 amide bonds. The molecule has 1 aliphatic rings. The second-order valence-electron chi connectivity index (χ2n) is 4.62. The predicted octanol–water partition coefficient (Wildman–Crippen LogP) is 1.27. The van der Waals surface area contributed by atoms with Crippen molar-refractivity contribution >= 4 is 0 Å². The maximum Gasteiger partial charge on any atom is 0.0776 e. The van der Waals surface area contributed by atoms with Crippen molar-refractivity contribution in [1.29, 1.82) is 0 Å². The van der Waals surface area contributed by atoms with Crippen LogP contribution in [0.4, 0.5) is 0 Å². The number of nitrogens with one attached hydrogen (secondary N) is 1. The number of aryl methyl sites for hydroxylation is 2. The zero-order valence-electron chi connectivity index (χ0n) is 10.4. The van der Waals surface area contributed by atoms with Crippen molar-refractivity contribution in [2.45, 2.75) is 45.4 Å². The smallest absolute Gasteiger partial charge is 0.0776 e. The van der Waals surface area contributed by atoms with Crippen LogP contribution in [0.15, 0.2) is 6.07 Å². The summed E-state index contributed by atoms with van der Waals surface area (Å²) in [4.78, 5) is 0. The maximum atomic E-state index is 5.95. The van der Waals surface area contributed by atoms with Gasteiger partial charge in [0.1, 0.15) is 0 Å². The molecule has 1 aromatic heterocycles. The van der Waals surface area contributed by atoms with Crippen molar-refractivity contribution in [2.24, 2.45) is 0 Å². The highest BCUT2D eigenvalue weighted by Gasteiger charge is 2.25. The zero-order valence-corrected chi connectivity index (χ0v) is 10.4. The molecule has 4 heteroatoms. The molecule has 0 saturated carbocycles. The molecule has 2 rings (SSSR count). The van der Waals surface area contributed by atoms with E-state index >= 15 is 0 Å². The van der Waals surface area contributed by atoms with Gasteiger partial charge in [-0.2, -0.15) is 5.10 Å². The van der Waals surface area contributed by atoms with Crippen molar-refractivity contribution in [1.82, 2.24) is 15.1 Å². The molecule has 0 radical (unpaired) electrons. The van der Waals surface area contributed by atoms with E-state index < -0.39 is 0 Å². The van der Waals surface area contributed by atoms with Crippen LogP contribution < -0.4 is 5.32 Å². The molecule has 0 bridgehead atoms. The first-order chi connectivity index (χ1) is 7.69. The van der Waals surface area contributed by atoms with Gasteiger partial charge in [0.25, 0.3) is 0 Å². The van der Waals surface area contributed by atoms with E-state index in [2.05, 4.69) is 28.1 Å². The van der Waals surface area contributed by atoms with Crippen LogP contribution in [0.2, 0.25) is 0 Å². The fourth-order valence-corrected chi connectivity index (χ4v) is 2.34. The first-order valence-electron chi connectivity index (χ1n) is 6.00. The summed E-state index contributed by atoms with van der Waals surface area (Å²) in [6, 6.07) is 2.11. The standard InChI is InChI=1S/C12H21N3O/c1-9-6-10(2)15(14-9)8-12-5-4-11(16-12)7-13-3/h6,11-13H,4-5,7-8H2,1-3H3. The van der Waals surface area contributed by atoms with Gasteiger partial charge in [-0.3, -0.25) is 4.68 Å². The van der Waals surface area contributed by atoms with Crippen LogP contribution in [-0.2, 0) is 11.3 Å². The minimum atomic E-state index is 0.330. The predicted molar refractivity (Wildman–Crippen MR) is 63.5 cm³/mol. The third-order valence-electron chi connectivity index (χ3n) is 3.11. The Morgan fingerprint density at radius 1 is 1.44 bits per heavy atom. The van der Waals surface area contributed by atoms with Gasteiger partial charge in [-0.15, -0.1) is 0 Å². The van der Waals surface area contributed by atoms with E-state index in [1.165, 1.54) is 5.69 Å². The monoisotopic (exact) mass is 223 g/mol. The van der Waals surface area contributed by atoms with Crippen LogP contribution in [-0.4, -0.2) is 35.6 Å². The number of ether oxygens (including phenoxy) is 1. The molecule has 1 aromatic rings. The molecule has 1 saturated heterocycles. The van der Waals surface area contributed by atoms with Crippen LogP contribution in [0, 0.1) is 13.8 Å². The molecule has 0 aliphatic carbocycles. The number of rotatable bonds is 4. The van der Waals surface area contributed by atoms with Crippen molar-refractivity contribution in [3.63, 3.8) is 0 Å². The Bertz CT molecular complexity index is 348. The maximum absolute atomic E-state index is 5.95. The Balaban J connectivity index is 1.89. The van der Waals surface area contributed by atoms with E-state index in [4.69, 9.17) is 4.74 Å². The van der Waals surface area contributed by atoms with Crippen LogP contribution in [0.3, 0.4) is 0 Å². The third kappa shape index (κ3) is 2.62. The van der Waals surface area contributed by atoms with Gasteiger partial charge < -0.3 is 10.1 Å². The normalized spacial score (nSPS) is 25.2. The lowest BCUT2D eigenvalue weighted by molar-refractivity contribution is 0.0348. The summed E-state index contributed by atoms with van der Waals surface area (Å²) in [6.45, 7) is 5.97. The largest absolute Gasteiger partial charge is 0.372 e. The summed E-state index contributed by atoms with van der Waals surface area (Å²) in [5.74, 6) is 0. The van der Waals surface area contributed by atoms with E-state index in [1.54, 1.807) is 0 Å². The first-order valence-corrected chi connectivity index (χ1v) is 6.00. The van der Waals surface area contributed by atoms with Gasteiger partial charge in [-0.25, -0.2) is 0 Å². The highest BCUT2D eigenvalue weighted by molar-refractivity contribution is 5.06. The zero-order chi connectivity index (χ0) is 11.5. The third-order valence-corrected chi connectivity index (χ3v) is 3.11. The minimum absolute atomic E-state index is 0.330. The van der Waals surface area contributed by atoms with Gasteiger partial charge in [0.15, 0.2) is 0 Å². The average molecular weight is 223 g/mol. The minimum Gasteiger partial charge on any atom is -0.372 e. The number of aromatic nitrogens is 2. The lowest BCUT2D eigenvalue weighted by Gasteiger charge is -2.14. The van der Waals surface area contributed by atoms with Gasteiger partial charge in [0.05, 0.1) is 24.4 Å². The van der Waals surface area contributed by atoms with Crippen molar-refractivity contribution in [3.05, 3.63) is 17.5 Å². The van der Waals surface area contributed by atoms with Crippen LogP contribution in [0.5, 0.6) is 0 Å². The van der Waals surface area contributed by atoms with E-state index in [-0.39, 0.29) is 0 Å². The quantitative estimate of drug-likeness (QED) is 0.835. The summed E-state index contributed by atoms with van der Waals surface area (Å²) in [5, 5.41) is 7.63. The Kier molecular flexibility index (Phi) is 3.61. The van der Waals surface area contributed by atoms with E-state index in [0.717, 1.165) is 31.6 Å². The van der Waals surface area contributed by atoms with Gasteiger partial charge in [-0.1, -0.05) is 0 Å². The highest BCUT2D eigenvalue weighted by atomic mass is 16.5. The molecule has 90 valence electrons. The molecule has 0 spiro atoms. The molecular weight excluding hydrogens is 202 g/mol. The van der Waals surface area contributed by atoms with E-state index in [9.17, 15) is 0 Å². The lowest BCUT2D eigenvalue weighted by Crippen LogP contribution is -2.25. The number of nitrogens with zero attached hydrogens (tertiary/aromatic N) is 2. The van der Waals surface area contributed by atoms with E-state index in [1.807, 2.05) is 14.0 Å². The molecule has 1 fully saturated rings. The van der Waals surface area contributed by atoms with Gasteiger partial charge in [-0.05, 0) is 39.8 Å². The van der Waals surface area contributed by atoms with Crippen LogP contribution >= 0.6 is 0 Å². The number of hydrogen-bond donors (Lipinski definition) is 1. The molecule has 16 heavy (non-hydrogen) atoms. The number of likely N-dealkylation sites (N-methyl/N-ethyl adjacent to an activating group) is 1. The average Bonchev–Trinajstić information content (AvgIpc) is 2.76. The first kappa shape index (κ1) is 11.6. The van der Waals surface area contributed by atoms with E-state index in [0.29, 0.717) is 12.2 Å². The Morgan fingerprint density at radius 2 is 2.19 bits per heavy atom. The van der Waals surface area contributed by atoms with Gasteiger partial charge in [0.2, 0.25) is 0 Å². The lowest BCUT2D eigenvalue weighted by atomic mass is 10.2. The summed E-state index contributed by atoms with van der Waals surface area (Å²) in [5.41, 5.74) is 2.31. The van der Waals surface area contributed by atoms with Gasteiger partial charge >= 0.3 is 0 Å². The molecule has 1 N–H and O–H groups in total. The summed E-state index contributed by atoms with van der Waals surface area (Å²) >= 11 is 0. The molecule has 0 aromatic carbocycles. The van der Waals surface area contributed by atoms with Crippen molar-refractivity contribution in [3.8, 4) is 0 Å². The molecule has 2 unspecified atom stereocenters. The summed E-state index contributed by atoms with van der Waals surface area (Å²) in [6.07, 6.45) is 3.01. The topological polar surface area (TPSA) is 39.1 Å². The summed E-state index contributed by atoms with van der Waals surface area (Å²) < 4.78 is 8.00. The second kappa shape index (κ2) is 4.97. The highest BCUT2D eigenvalue weighted by Crippen LogP contribution is 2.21. The fourth-order valence-electron chi connectivity index (χ4n) is 2.34. The SMILES string of the molecule is CNCC1CCC(Cn2nc(C)cc2C)O1. The van der Waals surface area contributed by atoms with Crippen LogP contribution in [0.25, 0.3) is 0 Å². The second-order valence-corrected chi connectivity index (χ2v) is 4.62. The number of hydrogen-bond acceptors (Lipinski definition) is 3. The Hall–Kier alpha value is -0.870. The van der Waals surface area contributed by atoms with Gasteiger partial charge in [0, 0.05) is 12.2 Å². The molecule has 4 nitrogen and oxygen atoms in total. The van der Waals surface area contributed by atoms with Crippen molar-refractivity contribution < 1.29 is 4.74 Å². The molecular formula is C12H21N3O. The molecule has 2 heterocycles. The Morgan fingerprint density at radius 3 is 2.81 bits per heavy atom. The Labute approximate surface area is 97.0 Å². The molecule has 1 aliphatic heterocycles.